The molecule has 1 heterocycles. The number of rotatable bonds is 4. The second-order valence-corrected chi connectivity index (χ2v) is 7.56. The predicted octanol–water partition coefficient (Wildman–Crippen LogP) is 6.12. The molecule has 2 atom stereocenters. The predicted molar refractivity (Wildman–Crippen MR) is 91.9 cm³/mol. The highest BCUT2D eigenvalue weighted by Gasteiger charge is 2.63. The Morgan fingerprint density at radius 2 is 1.71 bits per heavy atom. The van der Waals surface area contributed by atoms with Gasteiger partial charge in [0.05, 0.1) is 5.92 Å². The molecule has 2 unspecified atom stereocenters. The molecule has 1 aliphatic rings. The fraction of sp³-hybridized carbons (Fsp3) is 0.444. The van der Waals surface area contributed by atoms with Gasteiger partial charge in [0, 0.05) is 16.0 Å². The van der Waals surface area contributed by atoms with E-state index in [9.17, 15) is 31.9 Å². The number of hydrogen-bond donors (Lipinski definition) is 1. The third-order valence-corrected chi connectivity index (χ3v) is 5.34. The van der Waals surface area contributed by atoms with E-state index in [4.69, 9.17) is 4.42 Å². The van der Waals surface area contributed by atoms with E-state index in [1.165, 1.54) is 12.1 Å². The van der Waals surface area contributed by atoms with E-state index >= 15 is 0 Å². The van der Waals surface area contributed by atoms with E-state index in [-0.39, 0.29) is 23.4 Å². The van der Waals surface area contributed by atoms with Gasteiger partial charge in [-0.05, 0) is 25.0 Å². The van der Waals surface area contributed by atoms with Crippen LogP contribution < -0.4 is 0 Å². The van der Waals surface area contributed by atoms with Gasteiger partial charge in [-0.1, -0.05) is 40.9 Å². The van der Waals surface area contributed by atoms with Crippen LogP contribution in [-0.4, -0.2) is 22.2 Å². The highest BCUT2D eigenvalue weighted by Crippen LogP contribution is 2.48. The fourth-order valence-corrected chi connectivity index (χ4v) is 3.66. The summed E-state index contributed by atoms with van der Waals surface area (Å²) >= 11 is 3.21. The van der Waals surface area contributed by atoms with Gasteiger partial charge in [0.2, 0.25) is 0 Å². The smallest absolute Gasteiger partial charge is 0.463 e. The molecule has 152 valence electrons. The number of benzene rings is 1. The zero-order valence-corrected chi connectivity index (χ0v) is 15.9. The lowest BCUT2D eigenvalue weighted by Gasteiger charge is -2.27. The highest BCUT2D eigenvalue weighted by molar-refractivity contribution is 9.10. The first kappa shape index (κ1) is 20.8. The maximum absolute atomic E-state index is 13.9. The van der Waals surface area contributed by atoms with Gasteiger partial charge >= 0.3 is 18.1 Å². The third-order valence-electron chi connectivity index (χ3n) is 4.82. The Labute approximate surface area is 164 Å². The van der Waals surface area contributed by atoms with Gasteiger partial charge in [-0.15, -0.1) is 0 Å². The van der Waals surface area contributed by atoms with Crippen molar-refractivity contribution in [1.82, 2.24) is 4.98 Å². The molecule has 0 saturated heterocycles. The van der Waals surface area contributed by atoms with Crippen LogP contribution in [0.3, 0.4) is 0 Å². The van der Waals surface area contributed by atoms with E-state index in [1.54, 1.807) is 12.1 Å². The number of nitrogens with zero attached hydrogens (tertiary/aromatic N) is 1. The number of oxazole rings is 1. The molecule has 2 aromatic rings. The van der Waals surface area contributed by atoms with Crippen molar-refractivity contribution in [3.05, 3.63) is 40.4 Å². The van der Waals surface area contributed by atoms with E-state index in [2.05, 4.69) is 20.9 Å². The molecule has 1 fully saturated rings. The first-order chi connectivity index (χ1) is 13.0. The van der Waals surface area contributed by atoms with Gasteiger partial charge in [-0.3, -0.25) is 4.79 Å². The first-order valence-electron chi connectivity index (χ1n) is 8.47. The van der Waals surface area contributed by atoms with E-state index in [0.29, 0.717) is 23.7 Å². The summed E-state index contributed by atoms with van der Waals surface area (Å²) in [5.74, 6) is -10.2. The Bertz CT molecular complexity index is 863. The molecular weight excluding hydrogens is 453 g/mol. The quantitative estimate of drug-likeness (QED) is 0.550. The van der Waals surface area contributed by atoms with Crippen molar-refractivity contribution in [2.75, 3.05) is 0 Å². The lowest BCUT2D eigenvalue weighted by atomic mass is 9.77. The van der Waals surface area contributed by atoms with Crippen LogP contribution in [-0.2, 0) is 10.7 Å². The molecular formula is C18H15BrF5NO3. The number of aromatic nitrogens is 1. The minimum Gasteiger partial charge on any atom is -0.481 e. The van der Waals surface area contributed by atoms with Crippen LogP contribution in [0.15, 0.2) is 33.2 Å². The molecule has 10 heteroatoms. The summed E-state index contributed by atoms with van der Waals surface area (Å²) in [4.78, 5) is 15.1. The van der Waals surface area contributed by atoms with Crippen LogP contribution >= 0.6 is 15.9 Å². The number of carboxylic acid groups (broad SMARTS) is 1. The maximum atomic E-state index is 13.9. The first-order valence-corrected chi connectivity index (χ1v) is 9.26. The van der Waals surface area contributed by atoms with Crippen molar-refractivity contribution in [1.29, 1.82) is 0 Å². The Balaban J connectivity index is 2.16. The molecule has 0 radical (unpaired) electrons. The fourth-order valence-electron chi connectivity index (χ4n) is 3.39. The average Bonchev–Trinajstić information content (AvgIpc) is 3.07. The summed E-state index contributed by atoms with van der Waals surface area (Å²) in [6.45, 7) is 0. The van der Waals surface area contributed by atoms with Crippen molar-refractivity contribution >= 4 is 21.9 Å². The summed E-state index contributed by atoms with van der Waals surface area (Å²) in [7, 11) is 0. The summed E-state index contributed by atoms with van der Waals surface area (Å²) in [5.41, 5.74) is 0.0745. The molecule has 1 aromatic carbocycles. The molecule has 1 saturated carbocycles. The second-order valence-electron chi connectivity index (χ2n) is 6.65. The summed E-state index contributed by atoms with van der Waals surface area (Å²) in [6, 6.07) is 6.12. The van der Waals surface area contributed by atoms with Gasteiger partial charge in [0.1, 0.15) is 11.5 Å². The maximum Gasteiger partial charge on any atom is 0.463 e. The minimum atomic E-state index is -5.88. The second kappa shape index (κ2) is 7.46. The molecule has 0 spiro atoms. The van der Waals surface area contributed by atoms with Crippen LogP contribution in [0.25, 0.3) is 11.3 Å². The monoisotopic (exact) mass is 467 g/mol. The Kier molecular flexibility index (Phi) is 5.53. The lowest BCUT2D eigenvalue weighted by Crippen LogP contribution is -2.34. The molecule has 1 aromatic heterocycles. The minimum absolute atomic E-state index is 0.190. The Morgan fingerprint density at radius 3 is 2.29 bits per heavy atom. The molecule has 4 nitrogen and oxygen atoms in total. The summed E-state index contributed by atoms with van der Waals surface area (Å²) in [5, 5.41) is 9.47. The lowest BCUT2D eigenvalue weighted by molar-refractivity contribution is -0.297. The molecule has 0 bridgehead atoms. The molecule has 28 heavy (non-hydrogen) atoms. The van der Waals surface area contributed by atoms with Crippen LogP contribution in [0.5, 0.6) is 0 Å². The van der Waals surface area contributed by atoms with Gasteiger partial charge in [0.15, 0.2) is 0 Å². The molecule has 1 N–H and O–H groups in total. The van der Waals surface area contributed by atoms with Crippen molar-refractivity contribution in [2.24, 2.45) is 5.92 Å². The van der Waals surface area contributed by atoms with Crippen LogP contribution in [0, 0.1) is 5.92 Å². The van der Waals surface area contributed by atoms with Crippen molar-refractivity contribution in [3.8, 4) is 11.3 Å². The zero-order chi connectivity index (χ0) is 20.7. The number of alkyl halides is 5. The number of aliphatic carboxylic acids is 1. The van der Waals surface area contributed by atoms with E-state index in [1.807, 2.05) is 0 Å². The number of carbonyl (C=O) groups is 1. The third kappa shape index (κ3) is 3.78. The topological polar surface area (TPSA) is 63.3 Å². The summed E-state index contributed by atoms with van der Waals surface area (Å²) < 4.78 is 71.8. The SMILES string of the molecule is O=C(O)C1CCCCC1c1oc(C(F)(F)C(F)(F)F)nc1-c1ccc(Br)cc1. The Hall–Kier alpha value is -1.97. The van der Waals surface area contributed by atoms with Gasteiger partial charge in [-0.25, -0.2) is 4.98 Å². The van der Waals surface area contributed by atoms with E-state index in [0.717, 1.165) is 0 Å². The number of hydrogen-bond acceptors (Lipinski definition) is 3. The number of halogens is 6. The van der Waals surface area contributed by atoms with Crippen LogP contribution in [0.1, 0.15) is 43.3 Å². The zero-order valence-electron chi connectivity index (χ0n) is 14.3. The number of carboxylic acids is 1. The average molecular weight is 468 g/mol. The van der Waals surface area contributed by atoms with Gasteiger partial charge in [0.25, 0.3) is 5.89 Å². The Morgan fingerprint density at radius 1 is 1.11 bits per heavy atom. The van der Waals surface area contributed by atoms with Crippen LogP contribution in [0.2, 0.25) is 0 Å². The molecule has 1 aliphatic carbocycles. The van der Waals surface area contributed by atoms with Crippen molar-refractivity contribution < 1.29 is 36.3 Å². The van der Waals surface area contributed by atoms with Gasteiger partial charge in [-0.2, -0.15) is 22.0 Å². The highest BCUT2D eigenvalue weighted by atomic mass is 79.9. The molecule has 0 amide bonds. The molecule has 0 aliphatic heterocycles. The molecule has 3 rings (SSSR count). The van der Waals surface area contributed by atoms with E-state index < -0.39 is 35.8 Å². The van der Waals surface area contributed by atoms with Gasteiger partial charge < -0.3 is 9.52 Å². The standard InChI is InChI=1S/C18H15BrF5NO3/c19-10-7-5-9(6-8-10)13-14(11-3-1-2-4-12(11)15(26)27)28-16(25-13)17(20,21)18(22,23)24/h5-8,11-12H,1-4H2,(H,26,27). The largest absolute Gasteiger partial charge is 0.481 e. The normalized spacial score (nSPS) is 20.9. The summed E-state index contributed by atoms with van der Waals surface area (Å²) in [6.07, 6.45) is -4.07. The van der Waals surface area contributed by atoms with Crippen molar-refractivity contribution in [2.45, 2.75) is 43.7 Å². The van der Waals surface area contributed by atoms with Crippen LogP contribution in [0.4, 0.5) is 22.0 Å². The van der Waals surface area contributed by atoms with Crippen molar-refractivity contribution in [3.63, 3.8) is 0 Å².